The molecule has 2 aromatic carbocycles. The van der Waals surface area contributed by atoms with Crippen molar-refractivity contribution in [3.05, 3.63) is 71.4 Å². The van der Waals surface area contributed by atoms with Crippen molar-refractivity contribution in [2.75, 3.05) is 6.54 Å². The van der Waals surface area contributed by atoms with Gasteiger partial charge < -0.3 is 4.52 Å². The summed E-state index contributed by atoms with van der Waals surface area (Å²) in [5.74, 6) is 0.751. The van der Waals surface area contributed by atoms with Crippen LogP contribution in [0.5, 0.6) is 0 Å². The second-order valence-electron chi connectivity index (χ2n) is 7.59. The number of hydrogen-bond acceptors (Lipinski definition) is 6. The summed E-state index contributed by atoms with van der Waals surface area (Å²) in [7, 11) is -1.78. The maximum absolute atomic E-state index is 13.2. The molecule has 1 aliphatic rings. The summed E-state index contributed by atoms with van der Waals surface area (Å²) in [5, 5.41) is 8.65. The van der Waals surface area contributed by atoms with Gasteiger partial charge in [-0.1, -0.05) is 47.6 Å². The van der Waals surface area contributed by atoms with Crippen LogP contribution in [-0.2, 0) is 30.0 Å². The van der Waals surface area contributed by atoms with Gasteiger partial charge in [0, 0.05) is 43.4 Å². The first-order chi connectivity index (χ1) is 14.9. The fourth-order valence-corrected chi connectivity index (χ4v) is 5.41. The van der Waals surface area contributed by atoms with E-state index in [0.29, 0.717) is 29.4 Å². The van der Waals surface area contributed by atoms with Gasteiger partial charge in [0.25, 0.3) is 5.89 Å². The fourth-order valence-electron chi connectivity index (χ4n) is 3.89. The number of aryl methyl sites for hydroxylation is 2. The van der Waals surface area contributed by atoms with Crippen molar-refractivity contribution in [2.45, 2.75) is 24.8 Å². The minimum absolute atomic E-state index is 0.206. The zero-order valence-electron chi connectivity index (χ0n) is 17.2. The molecule has 4 aromatic rings. The van der Waals surface area contributed by atoms with Crippen LogP contribution >= 0.6 is 0 Å². The summed E-state index contributed by atoms with van der Waals surface area (Å²) < 4.78 is 35.2. The van der Waals surface area contributed by atoms with E-state index >= 15 is 0 Å². The van der Waals surface area contributed by atoms with E-state index in [1.807, 2.05) is 50.4 Å². The standard InChI is InChI=1S/C22H21N5O3S/c1-15-7-6-10-17(13-15)31(28,29)27-12-11-19-18(14-27)20(24-26(19)2)22-23-21(25-30-22)16-8-4-3-5-9-16/h3-10,13H,11-12,14H2,1-2H3. The average molecular weight is 436 g/mol. The number of benzene rings is 2. The lowest BCUT2D eigenvalue weighted by atomic mass is 10.1. The van der Waals surface area contributed by atoms with Crippen molar-refractivity contribution in [2.24, 2.45) is 7.05 Å². The number of fused-ring (bicyclic) bond motifs is 1. The lowest BCUT2D eigenvalue weighted by Crippen LogP contribution is -2.36. The molecule has 158 valence electrons. The van der Waals surface area contributed by atoms with Gasteiger partial charge in [-0.25, -0.2) is 8.42 Å². The van der Waals surface area contributed by atoms with Crippen LogP contribution in [0.3, 0.4) is 0 Å². The van der Waals surface area contributed by atoms with Crippen LogP contribution in [0.2, 0.25) is 0 Å². The minimum Gasteiger partial charge on any atom is -0.332 e. The molecule has 0 saturated carbocycles. The maximum atomic E-state index is 13.2. The highest BCUT2D eigenvalue weighted by atomic mass is 32.2. The Morgan fingerprint density at radius 3 is 2.65 bits per heavy atom. The van der Waals surface area contributed by atoms with E-state index in [0.717, 1.165) is 22.4 Å². The van der Waals surface area contributed by atoms with Crippen molar-refractivity contribution < 1.29 is 12.9 Å². The summed E-state index contributed by atoms with van der Waals surface area (Å²) in [5.41, 5.74) is 4.04. The highest BCUT2D eigenvalue weighted by molar-refractivity contribution is 7.89. The Kier molecular flexibility index (Phi) is 4.71. The quantitative estimate of drug-likeness (QED) is 0.489. The van der Waals surface area contributed by atoms with E-state index in [9.17, 15) is 8.42 Å². The molecule has 8 nitrogen and oxygen atoms in total. The van der Waals surface area contributed by atoms with Gasteiger partial charge in [-0.05, 0) is 24.6 Å². The van der Waals surface area contributed by atoms with E-state index in [1.165, 1.54) is 4.31 Å². The van der Waals surface area contributed by atoms with E-state index in [-0.39, 0.29) is 12.4 Å². The molecule has 0 spiro atoms. The van der Waals surface area contributed by atoms with Crippen LogP contribution < -0.4 is 0 Å². The normalized spacial score (nSPS) is 14.5. The third-order valence-corrected chi connectivity index (χ3v) is 7.34. The SMILES string of the molecule is Cc1cccc(S(=O)(=O)N2CCc3c(c(-c4nc(-c5ccccc5)no4)nn3C)C2)c1. The van der Waals surface area contributed by atoms with Gasteiger partial charge in [0.15, 0.2) is 5.69 Å². The first kappa shape index (κ1) is 19.7. The molecule has 0 N–H and O–H groups in total. The van der Waals surface area contributed by atoms with Crippen molar-refractivity contribution in [1.82, 2.24) is 24.2 Å². The Labute approximate surface area is 180 Å². The molecule has 3 heterocycles. The molecule has 31 heavy (non-hydrogen) atoms. The van der Waals surface area contributed by atoms with E-state index in [1.54, 1.807) is 22.9 Å². The number of sulfonamides is 1. The summed E-state index contributed by atoms with van der Waals surface area (Å²) in [6, 6.07) is 16.5. The molecular weight excluding hydrogens is 414 g/mol. The molecule has 5 rings (SSSR count). The molecule has 0 saturated heterocycles. The molecule has 0 radical (unpaired) electrons. The number of nitrogens with zero attached hydrogens (tertiary/aromatic N) is 5. The van der Waals surface area contributed by atoms with Crippen LogP contribution in [0.4, 0.5) is 0 Å². The largest absolute Gasteiger partial charge is 0.332 e. The Bertz CT molecular complexity index is 1360. The molecule has 0 unspecified atom stereocenters. The van der Waals surface area contributed by atoms with Gasteiger partial charge in [0.05, 0.1) is 4.90 Å². The van der Waals surface area contributed by atoms with Crippen LogP contribution in [0.1, 0.15) is 16.8 Å². The molecule has 9 heteroatoms. The zero-order valence-corrected chi connectivity index (χ0v) is 18.0. The highest BCUT2D eigenvalue weighted by Crippen LogP contribution is 2.32. The smallest absolute Gasteiger partial charge is 0.279 e. The van der Waals surface area contributed by atoms with Gasteiger partial charge in [0.2, 0.25) is 15.8 Å². The predicted octanol–water partition coefficient (Wildman–Crippen LogP) is 3.19. The Hall–Kier alpha value is -3.30. The first-order valence-electron chi connectivity index (χ1n) is 9.94. The van der Waals surface area contributed by atoms with Crippen LogP contribution in [-0.4, -0.2) is 39.2 Å². The summed E-state index contributed by atoms with van der Waals surface area (Å²) in [4.78, 5) is 4.80. The molecule has 2 aromatic heterocycles. The molecule has 0 amide bonds. The van der Waals surface area contributed by atoms with Gasteiger partial charge in [-0.15, -0.1) is 0 Å². The topological polar surface area (TPSA) is 94.1 Å². The maximum Gasteiger partial charge on any atom is 0.279 e. The van der Waals surface area contributed by atoms with Crippen LogP contribution in [0.15, 0.2) is 64.0 Å². The van der Waals surface area contributed by atoms with Crippen LogP contribution in [0.25, 0.3) is 23.0 Å². The third-order valence-electron chi connectivity index (χ3n) is 5.50. The Morgan fingerprint density at radius 1 is 1.06 bits per heavy atom. The molecule has 0 atom stereocenters. The summed E-state index contributed by atoms with van der Waals surface area (Å²) in [6.45, 7) is 2.48. The summed E-state index contributed by atoms with van der Waals surface area (Å²) >= 11 is 0. The molecule has 0 fully saturated rings. The predicted molar refractivity (Wildman–Crippen MR) is 114 cm³/mol. The van der Waals surface area contributed by atoms with Gasteiger partial charge >= 0.3 is 0 Å². The van der Waals surface area contributed by atoms with Crippen molar-refractivity contribution in [3.8, 4) is 23.0 Å². The highest BCUT2D eigenvalue weighted by Gasteiger charge is 2.33. The second kappa shape index (κ2) is 7.44. The fraction of sp³-hybridized carbons (Fsp3) is 0.227. The van der Waals surface area contributed by atoms with E-state index in [4.69, 9.17) is 4.52 Å². The van der Waals surface area contributed by atoms with Crippen molar-refractivity contribution in [3.63, 3.8) is 0 Å². The lowest BCUT2D eigenvalue weighted by molar-refractivity contribution is 0.385. The Balaban J connectivity index is 1.51. The van der Waals surface area contributed by atoms with Gasteiger partial charge in [-0.2, -0.15) is 14.4 Å². The minimum atomic E-state index is -3.63. The average Bonchev–Trinajstić information content (AvgIpc) is 3.39. The second-order valence-corrected chi connectivity index (χ2v) is 9.53. The first-order valence-corrected chi connectivity index (χ1v) is 11.4. The van der Waals surface area contributed by atoms with E-state index < -0.39 is 10.0 Å². The number of hydrogen-bond donors (Lipinski definition) is 0. The molecular formula is C22H21N5O3S. The molecule has 0 bridgehead atoms. The van der Waals surface area contributed by atoms with Gasteiger partial charge in [0.1, 0.15) is 0 Å². The van der Waals surface area contributed by atoms with Crippen molar-refractivity contribution in [1.29, 1.82) is 0 Å². The summed E-state index contributed by atoms with van der Waals surface area (Å²) in [6.07, 6.45) is 0.559. The number of rotatable bonds is 4. The molecule has 1 aliphatic heterocycles. The Morgan fingerprint density at radius 2 is 1.87 bits per heavy atom. The third kappa shape index (κ3) is 3.45. The van der Waals surface area contributed by atoms with Gasteiger partial charge in [-0.3, -0.25) is 4.68 Å². The molecule has 0 aliphatic carbocycles. The van der Waals surface area contributed by atoms with Crippen LogP contribution in [0, 0.1) is 6.92 Å². The van der Waals surface area contributed by atoms with E-state index in [2.05, 4.69) is 15.2 Å². The lowest BCUT2D eigenvalue weighted by Gasteiger charge is -2.26. The zero-order chi connectivity index (χ0) is 21.6. The monoisotopic (exact) mass is 435 g/mol. The number of aromatic nitrogens is 4. The van der Waals surface area contributed by atoms with Crippen molar-refractivity contribution >= 4 is 10.0 Å².